The molecule has 0 aliphatic rings. The lowest BCUT2D eigenvalue weighted by molar-refractivity contribution is 0.998. The standard InChI is InChI=1S/C21H16N4/c1-2-4-14(5-3-1)21(17-10-24-19-12-22-8-6-15(17)19)18-11-25-20-13-23-9-7-16(18)20/h1-13,21,24-25H. The van der Waals surface area contributed by atoms with Crippen molar-refractivity contribution in [3.63, 3.8) is 0 Å². The van der Waals surface area contributed by atoms with Gasteiger partial charge in [0.05, 0.1) is 23.4 Å². The fraction of sp³-hybridized carbons (Fsp3) is 0.0476. The highest BCUT2D eigenvalue weighted by Gasteiger charge is 2.22. The average Bonchev–Trinajstić information content (AvgIpc) is 3.29. The summed E-state index contributed by atoms with van der Waals surface area (Å²) < 4.78 is 0. The van der Waals surface area contributed by atoms with Gasteiger partial charge >= 0.3 is 0 Å². The number of nitrogens with one attached hydrogen (secondary N) is 2. The van der Waals surface area contributed by atoms with Crippen molar-refractivity contribution in [3.05, 3.63) is 96.3 Å². The van der Waals surface area contributed by atoms with Crippen molar-refractivity contribution in [2.24, 2.45) is 0 Å². The highest BCUT2D eigenvalue weighted by atomic mass is 14.7. The first-order valence-electron chi connectivity index (χ1n) is 8.29. The van der Waals surface area contributed by atoms with Crippen LogP contribution < -0.4 is 0 Å². The van der Waals surface area contributed by atoms with E-state index in [0.717, 1.165) is 11.0 Å². The van der Waals surface area contributed by atoms with Crippen LogP contribution in [0.15, 0.2) is 79.6 Å². The van der Waals surface area contributed by atoms with Gasteiger partial charge in [0.25, 0.3) is 0 Å². The molecule has 0 aliphatic heterocycles. The van der Waals surface area contributed by atoms with Gasteiger partial charge in [0.15, 0.2) is 0 Å². The molecule has 0 unspecified atom stereocenters. The summed E-state index contributed by atoms with van der Waals surface area (Å²) in [6.45, 7) is 0. The number of nitrogens with zero attached hydrogens (tertiary/aromatic N) is 2. The number of rotatable bonds is 3. The maximum atomic E-state index is 4.23. The van der Waals surface area contributed by atoms with Gasteiger partial charge in [0.2, 0.25) is 0 Å². The highest BCUT2D eigenvalue weighted by Crippen LogP contribution is 2.38. The molecular formula is C21H16N4. The van der Waals surface area contributed by atoms with Gasteiger partial charge in [-0.3, -0.25) is 9.97 Å². The van der Waals surface area contributed by atoms with Gasteiger partial charge in [0.1, 0.15) is 0 Å². The van der Waals surface area contributed by atoms with Crippen LogP contribution in [0.5, 0.6) is 0 Å². The Morgan fingerprint density at radius 3 is 1.80 bits per heavy atom. The smallest absolute Gasteiger partial charge is 0.0643 e. The number of benzene rings is 1. The first kappa shape index (κ1) is 14.0. The molecule has 4 heteroatoms. The van der Waals surface area contributed by atoms with Crippen LogP contribution >= 0.6 is 0 Å². The van der Waals surface area contributed by atoms with Crippen molar-refractivity contribution in [2.75, 3.05) is 0 Å². The Kier molecular flexibility index (Phi) is 3.13. The Balaban J connectivity index is 1.81. The zero-order valence-electron chi connectivity index (χ0n) is 13.5. The summed E-state index contributed by atoms with van der Waals surface area (Å²) >= 11 is 0. The lowest BCUT2D eigenvalue weighted by Gasteiger charge is -2.17. The molecule has 4 aromatic heterocycles. The van der Waals surface area contributed by atoms with Crippen LogP contribution in [0.25, 0.3) is 21.8 Å². The van der Waals surface area contributed by atoms with Crippen molar-refractivity contribution in [1.29, 1.82) is 0 Å². The molecule has 0 fully saturated rings. The molecule has 4 heterocycles. The van der Waals surface area contributed by atoms with Gasteiger partial charge < -0.3 is 9.97 Å². The third kappa shape index (κ3) is 2.22. The van der Waals surface area contributed by atoms with Crippen molar-refractivity contribution >= 4 is 21.8 Å². The topological polar surface area (TPSA) is 57.4 Å². The molecule has 0 spiro atoms. The number of hydrogen-bond donors (Lipinski definition) is 2. The van der Waals surface area contributed by atoms with Crippen LogP contribution in [0.3, 0.4) is 0 Å². The number of aromatic amines is 2. The van der Waals surface area contributed by atoms with Crippen LogP contribution in [0.4, 0.5) is 0 Å². The normalized spacial score (nSPS) is 11.6. The van der Waals surface area contributed by atoms with E-state index in [2.05, 4.69) is 74.8 Å². The molecule has 0 radical (unpaired) electrons. The Hall–Kier alpha value is -3.40. The second kappa shape index (κ2) is 5.60. The predicted octanol–water partition coefficient (Wildman–Crippen LogP) is 4.62. The summed E-state index contributed by atoms with van der Waals surface area (Å²) in [5, 5.41) is 2.40. The molecule has 2 N–H and O–H groups in total. The van der Waals surface area contributed by atoms with E-state index >= 15 is 0 Å². The van der Waals surface area contributed by atoms with E-state index in [9.17, 15) is 0 Å². The second-order valence-electron chi connectivity index (χ2n) is 6.17. The van der Waals surface area contributed by atoms with Crippen molar-refractivity contribution in [1.82, 2.24) is 19.9 Å². The van der Waals surface area contributed by atoms with Gasteiger partial charge in [-0.25, -0.2) is 0 Å². The van der Waals surface area contributed by atoms with Crippen LogP contribution in [-0.4, -0.2) is 19.9 Å². The molecule has 0 aliphatic carbocycles. The summed E-state index contributed by atoms with van der Waals surface area (Å²) in [5.41, 5.74) is 5.88. The largest absolute Gasteiger partial charge is 0.360 e. The average molecular weight is 324 g/mol. The minimum absolute atomic E-state index is 0.133. The molecule has 0 amide bonds. The summed E-state index contributed by atoms with van der Waals surface area (Å²) in [6, 6.07) is 14.8. The molecule has 120 valence electrons. The zero-order chi connectivity index (χ0) is 16.6. The molecule has 0 bridgehead atoms. The fourth-order valence-electron chi connectivity index (χ4n) is 3.64. The fourth-order valence-corrected chi connectivity index (χ4v) is 3.64. The van der Waals surface area contributed by atoms with Crippen LogP contribution in [0, 0.1) is 0 Å². The van der Waals surface area contributed by atoms with E-state index in [1.165, 1.54) is 27.5 Å². The predicted molar refractivity (Wildman–Crippen MR) is 99.6 cm³/mol. The van der Waals surface area contributed by atoms with Crippen LogP contribution in [0.1, 0.15) is 22.6 Å². The maximum Gasteiger partial charge on any atom is 0.0643 e. The molecule has 1 aromatic carbocycles. The Labute approximate surface area is 144 Å². The molecule has 4 nitrogen and oxygen atoms in total. The van der Waals surface area contributed by atoms with Gasteiger partial charge in [-0.1, -0.05) is 30.3 Å². The molecule has 5 aromatic rings. The number of pyridine rings is 2. The quantitative estimate of drug-likeness (QED) is 0.509. The zero-order valence-corrected chi connectivity index (χ0v) is 13.5. The van der Waals surface area contributed by atoms with E-state index in [1.54, 1.807) is 0 Å². The number of fused-ring (bicyclic) bond motifs is 2. The van der Waals surface area contributed by atoms with Crippen molar-refractivity contribution in [3.8, 4) is 0 Å². The van der Waals surface area contributed by atoms with Gasteiger partial charge in [-0.2, -0.15) is 0 Å². The van der Waals surface area contributed by atoms with Crippen molar-refractivity contribution < 1.29 is 0 Å². The van der Waals surface area contributed by atoms with E-state index in [4.69, 9.17) is 0 Å². The first-order valence-corrected chi connectivity index (χ1v) is 8.29. The Bertz CT molecular complexity index is 1080. The van der Waals surface area contributed by atoms with E-state index < -0.39 is 0 Å². The monoisotopic (exact) mass is 324 g/mol. The molecule has 0 atom stereocenters. The second-order valence-corrected chi connectivity index (χ2v) is 6.17. The lowest BCUT2D eigenvalue weighted by atomic mass is 9.85. The Morgan fingerprint density at radius 1 is 0.680 bits per heavy atom. The summed E-state index contributed by atoms with van der Waals surface area (Å²) in [5.74, 6) is 0.133. The third-order valence-electron chi connectivity index (χ3n) is 4.79. The minimum Gasteiger partial charge on any atom is -0.360 e. The Morgan fingerprint density at radius 2 is 1.24 bits per heavy atom. The molecule has 5 rings (SSSR count). The van der Waals surface area contributed by atoms with E-state index in [1.807, 2.05) is 24.8 Å². The SMILES string of the molecule is c1ccc(C(c2c[nH]c3cnccc23)c2c[nH]c3cnccc23)cc1. The number of aromatic nitrogens is 4. The van der Waals surface area contributed by atoms with Crippen LogP contribution in [0.2, 0.25) is 0 Å². The van der Waals surface area contributed by atoms with Gasteiger partial charge in [0, 0.05) is 41.5 Å². The van der Waals surface area contributed by atoms with Crippen molar-refractivity contribution in [2.45, 2.75) is 5.92 Å². The molecule has 0 saturated heterocycles. The molecule has 25 heavy (non-hydrogen) atoms. The minimum atomic E-state index is 0.133. The lowest BCUT2D eigenvalue weighted by Crippen LogP contribution is -2.02. The molecular weight excluding hydrogens is 308 g/mol. The van der Waals surface area contributed by atoms with E-state index in [0.29, 0.717) is 0 Å². The first-order chi connectivity index (χ1) is 12.4. The number of hydrogen-bond acceptors (Lipinski definition) is 2. The summed E-state index contributed by atoms with van der Waals surface area (Å²) in [7, 11) is 0. The van der Waals surface area contributed by atoms with Gasteiger partial charge in [-0.15, -0.1) is 0 Å². The van der Waals surface area contributed by atoms with Gasteiger partial charge in [-0.05, 0) is 28.8 Å². The van der Waals surface area contributed by atoms with E-state index in [-0.39, 0.29) is 5.92 Å². The summed E-state index contributed by atoms with van der Waals surface area (Å²) in [6.07, 6.45) is 11.6. The molecule has 0 saturated carbocycles. The maximum absolute atomic E-state index is 4.23. The van der Waals surface area contributed by atoms with Crippen LogP contribution in [-0.2, 0) is 0 Å². The third-order valence-corrected chi connectivity index (χ3v) is 4.79. The number of H-pyrrole nitrogens is 2. The summed E-state index contributed by atoms with van der Waals surface area (Å²) in [4.78, 5) is 15.2. The highest BCUT2D eigenvalue weighted by molar-refractivity contribution is 5.88.